The average molecular weight is 554 g/mol. The van der Waals surface area contributed by atoms with Gasteiger partial charge < -0.3 is 0 Å². The zero-order valence-corrected chi connectivity index (χ0v) is 16.5. The van der Waals surface area contributed by atoms with Crippen molar-refractivity contribution in [3.05, 3.63) is 0 Å². The number of halogens is 17. The van der Waals surface area contributed by atoms with Gasteiger partial charge in [0.05, 0.1) is 0 Å². The van der Waals surface area contributed by atoms with Crippen LogP contribution in [0.4, 0.5) is 72.8 Å². The molecule has 0 aliphatic rings. The van der Waals surface area contributed by atoms with E-state index in [2.05, 4.69) is 0 Å². The second-order valence-electron chi connectivity index (χ2n) is 6.58. The summed E-state index contributed by atoms with van der Waals surface area (Å²) in [4.78, 5) is 0. The molecule has 0 aromatic rings. The Morgan fingerprint density at radius 1 is 0.533 bits per heavy atom. The molecule has 184 valence electrons. The molecule has 0 rings (SSSR count). The van der Waals surface area contributed by atoms with E-state index >= 15 is 0 Å². The van der Waals surface area contributed by atoms with Gasteiger partial charge in [0, 0.05) is 0 Å². The molecule has 0 spiro atoms. The molecule has 0 nitrogen and oxygen atoms in total. The molecular formula is C12H12AsF17. The van der Waals surface area contributed by atoms with Crippen LogP contribution >= 0.6 is 0 Å². The van der Waals surface area contributed by atoms with Crippen LogP contribution in [0.2, 0.25) is 5.21 Å². The van der Waals surface area contributed by atoms with E-state index in [4.69, 9.17) is 0 Å². The van der Waals surface area contributed by atoms with Gasteiger partial charge in [-0.1, -0.05) is 0 Å². The fraction of sp³-hybridized carbons (Fsp3) is 1.00. The standard InChI is InChI=1S/C12H12AsF17/c1-5(2)3-4-13(29,30)11(24,25)9(20,21)7(16,17)6(14,15)8(18,19)10(22,23)12(26,27)28/h5,13H,3-4H2,1-2H3. The first kappa shape index (κ1) is 29.4. The van der Waals surface area contributed by atoms with Gasteiger partial charge in [-0.05, 0) is 0 Å². The number of hydrogen-bond acceptors (Lipinski definition) is 0. The summed E-state index contributed by atoms with van der Waals surface area (Å²) >= 11 is -8.62. The van der Waals surface area contributed by atoms with Crippen molar-refractivity contribution >= 4 is 14.5 Å². The summed E-state index contributed by atoms with van der Waals surface area (Å²) in [5, 5.41) is -2.18. The maximum atomic E-state index is 13.6. The van der Waals surface area contributed by atoms with E-state index in [0.29, 0.717) is 0 Å². The second kappa shape index (κ2) is 7.75. The van der Waals surface area contributed by atoms with Crippen LogP contribution in [0.5, 0.6) is 0 Å². The molecule has 0 saturated carbocycles. The SMILES string of the molecule is CC(C)CC[AsH](F)(F)C(F)(F)C(F)(F)C(F)(F)C(F)(F)C(F)(F)C(F)(F)C(F)(F)F. The Bertz CT molecular complexity index is 602. The van der Waals surface area contributed by atoms with Crippen molar-refractivity contribution in [3.8, 4) is 0 Å². The van der Waals surface area contributed by atoms with Crippen LogP contribution < -0.4 is 0 Å². The quantitative estimate of drug-likeness (QED) is 0.212. The molecule has 0 radical (unpaired) electrons. The van der Waals surface area contributed by atoms with Crippen LogP contribution in [-0.4, -0.2) is 55.0 Å². The van der Waals surface area contributed by atoms with E-state index in [9.17, 15) is 72.8 Å². The third kappa shape index (κ3) is 4.07. The predicted molar refractivity (Wildman–Crippen MR) is 69.4 cm³/mol. The summed E-state index contributed by atoms with van der Waals surface area (Å²) in [6, 6.07) is 0. The van der Waals surface area contributed by atoms with Crippen LogP contribution in [0.1, 0.15) is 20.3 Å². The van der Waals surface area contributed by atoms with Crippen LogP contribution in [0.15, 0.2) is 0 Å². The van der Waals surface area contributed by atoms with Crippen molar-refractivity contribution in [1.82, 2.24) is 0 Å². The molecule has 0 heterocycles. The first-order valence-corrected chi connectivity index (χ1v) is 11.5. The first-order valence-electron chi connectivity index (χ1n) is 7.38. The molecule has 0 aliphatic carbocycles. The van der Waals surface area contributed by atoms with Crippen LogP contribution in [0.25, 0.3) is 0 Å². The van der Waals surface area contributed by atoms with Crippen molar-refractivity contribution in [3.63, 3.8) is 0 Å². The number of hydrogen-bond donors (Lipinski definition) is 0. The maximum absolute atomic E-state index is 13.6. The molecule has 30 heavy (non-hydrogen) atoms. The zero-order chi connectivity index (χ0) is 25.0. The molecule has 0 aromatic heterocycles. The molecule has 0 atom stereocenters. The van der Waals surface area contributed by atoms with E-state index in [-0.39, 0.29) is 0 Å². The van der Waals surface area contributed by atoms with Crippen molar-refractivity contribution in [2.45, 2.75) is 66.0 Å². The van der Waals surface area contributed by atoms with E-state index in [1.165, 1.54) is 0 Å². The monoisotopic (exact) mass is 554 g/mol. The van der Waals surface area contributed by atoms with Gasteiger partial charge in [0.1, 0.15) is 0 Å². The van der Waals surface area contributed by atoms with Crippen LogP contribution in [-0.2, 0) is 0 Å². The average Bonchev–Trinajstić information content (AvgIpc) is 2.50. The van der Waals surface area contributed by atoms with Gasteiger partial charge in [-0.2, -0.15) is 0 Å². The van der Waals surface area contributed by atoms with Crippen molar-refractivity contribution in [2.75, 3.05) is 0 Å². The predicted octanol–water partition coefficient (Wildman–Crippen LogP) is 7.06. The normalized spacial score (nSPS) is 16.9. The molecule has 0 amide bonds. The topological polar surface area (TPSA) is 0 Å². The second-order valence-corrected chi connectivity index (χ2v) is 11.9. The summed E-state index contributed by atoms with van der Waals surface area (Å²) in [7, 11) is 0. The zero-order valence-electron chi connectivity index (χ0n) is 14.4. The van der Waals surface area contributed by atoms with Crippen molar-refractivity contribution in [1.29, 1.82) is 0 Å². The Hall–Kier alpha value is -0.632. The first-order chi connectivity index (χ1) is 12.7. The Labute approximate surface area is 160 Å². The Morgan fingerprint density at radius 3 is 1.13 bits per heavy atom. The molecule has 0 aromatic carbocycles. The van der Waals surface area contributed by atoms with E-state index in [0.717, 1.165) is 13.8 Å². The van der Waals surface area contributed by atoms with Crippen LogP contribution in [0, 0.1) is 5.92 Å². The summed E-state index contributed by atoms with van der Waals surface area (Å²) in [5.41, 5.74) is 0. The van der Waals surface area contributed by atoms with Crippen molar-refractivity contribution in [2.24, 2.45) is 5.92 Å². The molecule has 0 saturated heterocycles. The van der Waals surface area contributed by atoms with E-state index in [1.54, 1.807) is 0 Å². The third-order valence-electron chi connectivity index (χ3n) is 3.82. The van der Waals surface area contributed by atoms with E-state index in [1.807, 2.05) is 0 Å². The molecule has 18 heteroatoms. The van der Waals surface area contributed by atoms with Gasteiger partial charge in [0.15, 0.2) is 0 Å². The Balaban J connectivity index is 6.55. The van der Waals surface area contributed by atoms with E-state index < -0.39 is 72.5 Å². The summed E-state index contributed by atoms with van der Waals surface area (Å²) in [6.45, 7) is 2.13. The Kier molecular flexibility index (Phi) is 7.59. The van der Waals surface area contributed by atoms with Gasteiger partial charge in [-0.3, -0.25) is 0 Å². The Morgan fingerprint density at radius 2 is 0.833 bits per heavy atom. The van der Waals surface area contributed by atoms with Gasteiger partial charge >= 0.3 is 159 Å². The summed E-state index contributed by atoms with van der Waals surface area (Å²) in [6.07, 6.45) is -8.75. The summed E-state index contributed by atoms with van der Waals surface area (Å²) in [5.74, 6) is -42.6. The molecule has 0 fully saturated rings. The van der Waals surface area contributed by atoms with Crippen molar-refractivity contribution < 1.29 is 72.8 Å². The van der Waals surface area contributed by atoms with Gasteiger partial charge in [0.2, 0.25) is 0 Å². The molecule has 0 N–H and O–H groups in total. The minimum absolute atomic E-state index is 0.928. The van der Waals surface area contributed by atoms with Gasteiger partial charge in [-0.25, -0.2) is 0 Å². The molecule has 0 aliphatic heterocycles. The molecule has 0 bridgehead atoms. The molecular weight excluding hydrogens is 542 g/mol. The fourth-order valence-electron chi connectivity index (χ4n) is 1.82. The minimum atomic E-state index is -8.62. The van der Waals surface area contributed by atoms with Gasteiger partial charge in [0.25, 0.3) is 0 Å². The van der Waals surface area contributed by atoms with Gasteiger partial charge in [-0.15, -0.1) is 0 Å². The fourth-order valence-corrected chi connectivity index (χ4v) is 5.75. The third-order valence-corrected chi connectivity index (χ3v) is 8.33. The molecule has 0 unspecified atom stereocenters. The number of alkyl halides is 15. The number of rotatable bonds is 9. The summed E-state index contributed by atoms with van der Waals surface area (Å²) < 4.78 is 214. The van der Waals surface area contributed by atoms with Crippen LogP contribution in [0.3, 0.4) is 0 Å².